The summed E-state index contributed by atoms with van der Waals surface area (Å²) in [7, 11) is 0. The van der Waals surface area contributed by atoms with Gasteiger partial charge in [0.2, 0.25) is 5.78 Å². The molecule has 1 aromatic heterocycles. The van der Waals surface area contributed by atoms with Crippen LogP contribution in [0.3, 0.4) is 0 Å². The summed E-state index contributed by atoms with van der Waals surface area (Å²) in [6, 6.07) is 25.0. The molecule has 0 saturated carbocycles. The molecule has 0 atom stereocenters. The summed E-state index contributed by atoms with van der Waals surface area (Å²) in [5.74, 6) is -0.249. The fraction of sp³-hybridized carbons (Fsp3) is 0.115. The first-order valence-corrected chi connectivity index (χ1v) is 10.8. The Hall–Kier alpha value is -3.90. The Morgan fingerprint density at radius 3 is 2.18 bits per heavy atom. The molecule has 1 heterocycles. The molecule has 4 rings (SSSR count). The van der Waals surface area contributed by atoms with Crippen molar-refractivity contribution in [3.05, 3.63) is 107 Å². The first-order valence-electron chi connectivity index (χ1n) is 10.4. The quantitative estimate of drug-likeness (QED) is 0.251. The predicted molar refractivity (Wildman–Crippen MR) is 125 cm³/mol. The van der Waals surface area contributed by atoms with E-state index in [0.29, 0.717) is 27.7 Å². The van der Waals surface area contributed by atoms with Crippen molar-refractivity contribution >= 4 is 23.4 Å². The van der Waals surface area contributed by atoms with Crippen molar-refractivity contribution in [1.29, 1.82) is 0 Å². The lowest BCUT2D eigenvalue weighted by molar-refractivity contribution is -0.142. The SMILES string of the molecule is CCOC(=O)Cc1c(C(=O)c2ccccc2)nc(Oc2ccccc2)n1-c1ccc(Cl)cc1. The first kappa shape index (κ1) is 22.3. The van der Waals surface area contributed by atoms with Crippen molar-refractivity contribution in [2.75, 3.05) is 6.61 Å². The number of para-hydroxylation sites is 1. The van der Waals surface area contributed by atoms with Gasteiger partial charge in [-0.1, -0.05) is 60.1 Å². The number of hydrogen-bond acceptors (Lipinski definition) is 5. The monoisotopic (exact) mass is 460 g/mol. The molecule has 0 aliphatic carbocycles. The van der Waals surface area contributed by atoms with Gasteiger partial charge in [-0.25, -0.2) is 0 Å². The summed E-state index contributed by atoms with van der Waals surface area (Å²) in [4.78, 5) is 30.4. The highest BCUT2D eigenvalue weighted by molar-refractivity contribution is 6.30. The second-order valence-electron chi connectivity index (χ2n) is 7.09. The molecule has 0 radical (unpaired) electrons. The fourth-order valence-corrected chi connectivity index (χ4v) is 3.50. The lowest BCUT2D eigenvalue weighted by Gasteiger charge is -2.13. The van der Waals surface area contributed by atoms with Crippen molar-refractivity contribution in [3.8, 4) is 17.4 Å². The number of esters is 1. The molecular formula is C26H21ClN2O4. The van der Waals surface area contributed by atoms with Crippen LogP contribution in [0.5, 0.6) is 11.8 Å². The summed E-state index contributed by atoms with van der Waals surface area (Å²) in [5, 5.41) is 0.553. The number of rotatable bonds is 8. The maximum absolute atomic E-state index is 13.4. The Labute approximate surface area is 196 Å². The number of hydrogen-bond donors (Lipinski definition) is 0. The highest BCUT2D eigenvalue weighted by atomic mass is 35.5. The number of aromatic nitrogens is 2. The normalized spacial score (nSPS) is 10.6. The van der Waals surface area contributed by atoms with Crippen LogP contribution in [0.15, 0.2) is 84.9 Å². The van der Waals surface area contributed by atoms with Gasteiger partial charge in [0.05, 0.1) is 24.4 Å². The van der Waals surface area contributed by atoms with E-state index in [-0.39, 0.29) is 30.5 Å². The van der Waals surface area contributed by atoms with Gasteiger partial charge >= 0.3 is 12.0 Å². The Bertz CT molecular complexity index is 1250. The van der Waals surface area contributed by atoms with E-state index >= 15 is 0 Å². The minimum atomic E-state index is -0.471. The molecule has 6 nitrogen and oxygen atoms in total. The molecule has 0 aliphatic rings. The summed E-state index contributed by atoms with van der Waals surface area (Å²) in [6.45, 7) is 1.96. The predicted octanol–water partition coefficient (Wildman–Crippen LogP) is 5.65. The zero-order valence-electron chi connectivity index (χ0n) is 17.9. The second kappa shape index (κ2) is 10.1. The van der Waals surface area contributed by atoms with Gasteiger partial charge in [0.25, 0.3) is 0 Å². The Balaban J connectivity index is 1.90. The van der Waals surface area contributed by atoms with Gasteiger partial charge in [0.15, 0.2) is 0 Å². The van der Waals surface area contributed by atoms with Gasteiger partial charge in [-0.15, -0.1) is 0 Å². The van der Waals surface area contributed by atoms with Gasteiger partial charge in [-0.3, -0.25) is 14.2 Å². The minimum Gasteiger partial charge on any atom is -0.466 e. The Kier molecular flexibility index (Phi) is 6.86. The van der Waals surface area contributed by atoms with E-state index < -0.39 is 5.97 Å². The maximum Gasteiger partial charge on any atom is 0.311 e. The van der Waals surface area contributed by atoms with Crippen LogP contribution in [-0.2, 0) is 16.0 Å². The number of imidazole rings is 1. The molecule has 4 aromatic rings. The van der Waals surface area contributed by atoms with Crippen molar-refractivity contribution in [3.63, 3.8) is 0 Å². The summed E-state index contributed by atoms with van der Waals surface area (Å²) >= 11 is 6.09. The summed E-state index contributed by atoms with van der Waals surface area (Å²) < 4.78 is 12.9. The fourth-order valence-electron chi connectivity index (χ4n) is 3.37. The van der Waals surface area contributed by atoms with Crippen LogP contribution >= 0.6 is 11.6 Å². The average Bonchev–Trinajstić information content (AvgIpc) is 3.17. The van der Waals surface area contributed by atoms with Crippen LogP contribution in [0.1, 0.15) is 28.7 Å². The molecular weight excluding hydrogens is 440 g/mol. The number of nitrogens with zero attached hydrogens (tertiary/aromatic N) is 2. The lowest BCUT2D eigenvalue weighted by Crippen LogP contribution is -2.15. The highest BCUT2D eigenvalue weighted by Gasteiger charge is 2.27. The number of carbonyl (C=O) groups is 2. The van der Waals surface area contributed by atoms with Crippen molar-refractivity contribution in [2.45, 2.75) is 13.3 Å². The van der Waals surface area contributed by atoms with Gasteiger partial charge in [0, 0.05) is 10.6 Å². The zero-order valence-corrected chi connectivity index (χ0v) is 18.7. The van der Waals surface area contributed by atoms with Crippen molar-refractivity contribution in [2.24, 2.45) is 0 Å². The molecule has 0 aliphatic heterocycles. The Morgan fingerprint density at radius 1 is 0.909 bits per heavy atom. The third kappa shape index (κ3) is 5.13. The third-order valence-corrected chi connectivity index (χ3v) is 5.10. The molecule has 7 heteroatoms. The van der Waals surface area contributed by atoms with Crippen LogP contribution in [0.2, 0.25) is 5.02 Å². The molecule has 0 bridgehead atoms. The third-order valence-electron chi connectivity index (χ3n) is 4.85. The van der Waals surface area contributed by atoms with E-state index in [4.69, 9.17) is 21.1 Å². The number of ketones is 1. The maximum atomic E-state index is 13.4. The van der Waals surface area contributed by atoms with Crippen molar-refractivity contribution < 1.29 is 19.1 Å². The molecule has 166 valence electrons. The van der Waals surface area contributed by atoms with Crippen LogP contribution in [-0.4, -0.2) is 27.9 Å². The van der Waals surface area contributed by atoms with Crippen LogP contribution in [0, 0.1) is 0 Å². The zero-order chi connectivity index (χ0) is 23.2. The average molecular weight is 461 g/mol. The molecule has 0 saturated heterocycles. The number of benzene rings is 3. The number of ether oxygens (including phenoxy) is 2. The topological polar surface area (TPSA) is 70.4 Å². The molecule has 0 fully saturated rings. The highest BCUT2D eigenvalue weighted by Crippen LogP contribution is 2.30. The molecule has 0 spiro atoms. The van der Waals surface area contributed by atoms with Gasteiger partial charge < -0.3 is 9.47 Å². The van der Waals surface area contributed by atoms with Gasteiger partial charge in [0.1, 0.15) is 11.4 Å². The molecule has 3 aromatic carbocycles. The lowest BCUT2D eigenvalue weighted by atomic mass is 10.1. The number of carbonyl (C=O) groups excluding carboxylic acids is 2. The molecule has 0 amide bonds. The van der Waals surface area contributed by atoms with E-state index in [1.807, 2.05) is 24.3 Å². The number of halogens is 1. The minimum absolute atomic E-state index is 0.120. The summed E-state index contributed by atoms with van der Waals surface area (Å²) in [5.41, 5.74) is 1.59. The largest absolute Gasteiger partial charge is 0.466 e. The second-order valence-corrected chi connectivity index (χ2v) is 7.53. The standard InChI is InChI=1S/C26H21ClN2O4/c1-2-32-23(30)17-22-24(25(31)18-9-5-3-6-10-18)28-26(33-21-11-7-4-8-12-21)29(22)20-15-13-19(27)14-16-20/h3-16H,2,17H2,1H3. The first-order chi connectivity index (χ1) is 16.1. The van der Waals surface area contributed by atoms with Crippen LogP contribution in [0.25, 0.3) is 5.69 Å². The van der Waals surface area contributed by atoms with E-state index in [1.54, 1.807) is 72.2 Å². The smallest absolute Gasteiger partial charge is 0.311 e. The van der Waals surface area contributed by atoms with E-state index in [1.165, 1.54) is 0 Å². The van der Waals surface area contributed by atoms with Crippen LogP contribution in [0.4, 0.5) is 0 Å². The molecule has 33 heavy (non-hydrogen) atoms. The van der Waals surface area contributed by atoms with Crippen LogP contribution < -0.4 is 4.74 Å². The van der Waals surface area contributed by atoms with E-state index in [0.717, 1.165) is 0 Å². The molecule has 0 N–H and O–H groups in total. The Morgan fingerprint density at radius 2 is 1.55 bits per heavy atom. The van der Waals surface area contributed by atoms with Gasteiger partial charge in [-0.2, -0.15) is 4.98 Å². The van der Waals surface area contributed by atoms with Gasteiger partial charge in [-0.05, 0) is 43.3 Å². The van der Waals surface area contributed by atoms with E-state index in [9.17, 15) is 9.59 Å². The summed E-state index contributed by atoms with van der Waals surface area (Å²) in [6.07, 6.45) is -0.157. The van der Waals surface area contributed by atoms with Crippen molar-refractivity contribution in [1.82, 2.24) is 9.55 Å². The molecule has 0 unspecified atom stereocenters. The van der Waals surface area contributed by atoms with E-state index in [2.05, 4.69) is 4.98 Å².